The van der Waals surface area contributed by atoms with Crippen LogP contribution in [0.25, 0.3) is 10.9 Å². The van der Waals surface area contributed by atoms with Gasteiger partial charge in [0.15, 0.2) is 0 Å². The molecule has 28 heavy (non-hydrogen) atoms. The number of hydrogen-bond acceptors (Lipinski definition) is 4. The molecule has 0 bridgehead atoms. The highest BCUT2D eigenvalue weighted by Crippen LogP contribution is 2.27. The van der Waals surface area contributed by atoms with Crippen molar-refractivity contribution in [2.45, 2.75) is 18.9 Å². The van der Waals surface area contributed by atoms with E-state index in [0.29, 0.717) is 17.9 Å². The Balaban J connectivity index is 1.76. The maximum atomic E-state index is 12.3. The van der Waals surface area contributed by atoms with Gasteiger partial charge in [-0.05, 0) is 36.8 Å². The molecule has 0 radical (unpaired) electrons. The zero-order valence-corrected chi connectivity index (χ0v) is 16.2. The molecule has 6 heteroatoms. The summed E-state index contributed by atoms with van der Waals surface area (Å²) in [6.07, 6.45) is 1.80. The smallest absolute Gasteiger partial charge is 0.239 e. The monoisotopic (exact) mass is 377 g/mol. The number of aromatic nitrogens is 1. The zero-order chi connectivity index (χ0) is 20.1. The highest BCUT2D eigenvalue weighted by Gasteiger charge is 2.41. The van der Waals surface area contributed by atoms with Gasteiger partial charge in [0.2, 0.25) is 11.8 Å². The van der Waals surface area contributed by atoms with E-state index in [9.17, 15) is 9.59 Å². The Kier molecular flexibility index (Phi) is 5.59. The lowest BCUT2D eigenvalue weighted by molar-refractivity contribution is -0.136. The number of nitrogens with one attached hydrogen (secondary N) is 2. The van der Waals surface area contributed by atoms with Gasteiger partial charge < -0.3 is 15.4 Å². The molecule has 1 heterocycles. The summed E-state index contributed by atoms with van der Waals surface area (Å²) >= 11 is 0. The minimum atomic E-state index is -1.32. The van der Waals surface area contributed by atoms with Crippen molar-refractivity contribution >= 4 is 22.7 Å². The number of fused-ring (bicyclic) bond motifs is 1. The van der Waals surface area contributed by atoms with Crippen molar-refractivity contribution in [3.8, 4) is 5.75 Å². The minimum Gasteiger partial charge on any atom is -0.489 e. The highest BCUT2D eigenvalue weighted by atomic mass is 16.5. The van der Waals surface area contributed by atoms with Gasteiger partial charge in [0.25, 0.3) is 0 Å². The number of carbonyl (C=O) groups excluding carboxylic acids is 2. The molecule has 0 aliphatic rings. The average molecular weight is 377 g/mol. The van der Waals surface area contributed by atoms with E-state index < -0.39 is 5.41 Å². The van der Waals surface area contributed by atoms with Gasteiger partial charge in [0.05, 0.1) is 5.52 Å². The SMILES string of the molecule is CNC(=O)C(C)(C(=O)NC)c1ccc(OCc2cnc3ccccc3c2)cc1. The van der Waals surface area contributed by atoms with E-state index in [2.05, 4.69) is 15.6 Å². The number of rotatable bonds is 6. The van der Waals surface area contributed by atoms with Gasteiger partial charge >= 0.3 is 0 Å². The van der Waals surface area contributed by atoms with Crippen molar-refractivity contribution in [3.05, 3.63) is 71.9 Å². The van der Waals surface area contributed by atoms with E-state index in [4.69, 9.17) is 4.74 Å². The topological polar surface area (TPSA) is 80.3 Å². The number of para-hydroxylation sites is 1. The summed E-state index contributed by atoms with van der Waals surface area (Å²) in [5.41, 5.74) is 1.18. The molecular weight excluding hydrogens is 354 g/mol. The summed E-state index contributed by atoms with van der Waals surface area (Å²) in [4.78, 5) is 29.1. The molecule has 6 nitrogen and oxygen atoms in total. The van der Waals surface area contributed by atoms with E-state index in [0.717, 1.165) is 16.5 Å². The third-order valence-electron chi connectivity index (χ3n) is 4.85. The van der Waals surface area contributed by atoms with Crippen LogP contribution in [0.2, 0.25) is 0 Å². The van der Waals surface area contributed by atoms with E-state index in [1.165, 1.54) is 14.1 Å². The van der Waals surface area contributed by atoms with Crippen LogP contribution in [0.3, 0.4) is 0 Å². The van der Waals surface area contributed by atoms with Crippen molar-refractivity contribution in [2.24, 2.45) is 0 Å². The number of hydrogen-bond donors (Lipinski definition) is 2. The molecule has 1 aromatic heterocycles. The van der Waals surface area contributed by atoms with Crippen molar-refractivity contribution in [3.63, 3.8) is 0 Å². The summed E-state index contributed by atoms with van der Waals surface area (Å²) in [7, 11) is 3.03. The lowest BCUT2D eigenvalue weighted by Gasteiger charge is -2.26. The fourth-order valence-corrected chi connectivity index (χ4v) is 3.11. The number of carbonyl (C=O) groups is 2. The van der Waals surface area contributed by atoms with Crippen LogP contribution in [0, 0.1) is 0 Å². The molecule has 2 aromatic carbocycles. The van der Waals surface area contributed by atoms with Gasteiger partial charge in [0.1, 0.15) is 17.8 Å². The fourth-order valence-electron chi connectivity index (χ4n) is 3.11. The molecule has 0 spiro atoms. The van der Waals surface area contributed by atoms with Gasteiger partial charge in [0, 0.05) is 31.2 Å². The third-order valence-corrected chi connectivity index (χ3v) is 4.85. The van der Waals surface area contributed by atoms with Gasteiger partial charge in [-0.25, -0.2) is 0 Å². The Labute approximate surface area is 163 Å². The number of pyridine rings is 1. The molecule has 3 aromatic rings. The molecule has 2 N–H and O–H groups in total. The molecule has 0 unspecified atom stereocenters. The van der Waals surface area contributed by atoms with Gasteiger partial charge in [-0.2, -0.15) is 0 Å². The summed E-state index contributed by atoms with van der Waals surface area (Å²) in [6, 6.07) is 16.9. The number of ether oxygens (including phenoxy) is 1. The van der Waals surface area contributed by atoms with Crippen LogP contribution < -0.4 is 15.4 Å². The quantitative estimate of drug-likeness (QED) is 0.647. The predicted octanol–water partition coefficient (Wildman–Crippen LogP) is 2.56. The highest BCUT2D eigenvalue weighted by molar-refractivity contribution is 6.10. The van der Waals surface area contributed by atoms with Gasteiger partial charge in [-0.1, -0.05) is 30.3 Å². The second kappa shape index (κ2) is 8.08. The molecule has 0 saturated carbocycles. The van der Waals surface area contributed by atoms with Crippen LogP contribution in [0.5, 0.6) is 5.75 Å². The summed E-state index contributed by atoms with van der Waals surface area (Å²) in [6.45, 7) is 1.97. The molecule has 0 saturated heterocycles. The van der Waals surface area contributed by atoms with E-state index in [-0.39, 0.29) is 11.8 Å². The Morgan fingerprint density at radius 3 is 2.29 bits per heavy atom. The summed E-state index contributed by atoms with van der Waals surface area (Å²) in [5, 5.41) is 6.18. The minimum absolute atomic E-state index is 0.372. The Bertz CT molecular complexity index is 983. The molecule has 0 aliphatic heterocycles. The largest absolute Gasteiger partial charge is 0.489 e. The third kappa shape index (κ3) is 3.67. The van der Waals surface area contributed by atoms with Crippen molar-refractivity contribution in [2.75, 3.05) is 14.1 Å². The van der Waals surface area contributed by atoms with Crippen LogP contribution >= 0.6 is 0 Å². The molecule has 2 amide bonds. The number of benzene rings is 2. The van der Waals surface area contributed by atoms with Crippen molar-refractivity contribution in [1.82, 2.24) is 15.6 Å². The van der Waals surface area contributed by atoms with Gasteiger partial charge in [-0.3, -0.25) is 14.6 Å². The molecular formula is C22H23N3O3. The Morgan fingerprint density at radius 2 is 1.64 bits per heavy atom. The van der Waals surface area contributed by atoms with Crippen molar-refractivity contribution in [1.29, 1.82) is 0 Å². The first-order valence-corrected chi connectivity index (χ1v) is 9.00. The lowest BCUT2D eigenvalue weighted by atomic mass is 9.80. The second-order valence-corrected chi connectivity index (χ2v) is 6.63. The molecule has 0 atom stereocenters. The standard InChI is InChI=1S/C22H23N3O3/c1-22(20(26)23-2,21(27)24-3)17-8-10-18(11-9-17)28-14-15-12-16-6-4-5-7-19(16)25-13-15/h4-13H,14H2,1-3H3,(H,23,26)(H,24,27). The van der Waals surface area contributed by atoms with Crippen LogP contribution in [-0.4, -0.2) is 30.9 Å². The number of likely N-dealkylation sites (N-methyl/N-ethyl adjacent to an activating group) is 2. The molecule has 0 aliphatic carbocycles. The average Bonchev–Trinajstić information content (AvgIpc) is 2.76. The van der Waals surface area contributed by atoms with Crippen LogP contribution in [0.15, 0.2) is 60.8 Å². The van der Waals surface area contributed by atoms with Crippen LogP contribution in [0.4, 0.5) is 0 Å². The molecule has 3 rings (SSSR count). The number of amides is 2. The maximum Gasteiger partial charge on any atom is 0.239 e. The fraction of sp³-hybridized carbons (Fsp3) is 0.227. The normalized spacial score (nSPS) is 11.1. The van der Waals surface area contributed by atoms with Gasteiger partial charge in [-0.15, -0.1) is 0 Å². The second-order valence-electron chi connectivity index (χ2n) is 6.63. The first-order chi connectivity index (χ1) is 13.5. The van der Waals surface area contributed by atoms with Crippen LogP contribution in [0.1, 0.15) is 18.1 Å². The van der Waals surface area contributed by atoms with E-state index >= 15 is 0 Å². The first-order valence-electron chi connectivity index (χ1n) is 9.00. The first kappa shape index (κ1) is 19.4. The van der Waals surface area contributed by atoms with Crippen molar-refractivity contribution < 1.29 is 14.3 Å². The maximum absolute atomic E-state index is 12.3. The summed E-state index contributed by atoms with van der Waals surface area (Å²) < 4.78 is 5.84. The Morgan fingerprint density at radius 1 is 1.00 bits per heavy atom. The molecule has 0 fully saturated rings. The zero-order valence-electron chi connectivity index (χ0n) is 16.2. The van der Waals surface area contributed by atoms with Crippen LogP contribution in [-0.2, 0) is 21.6 Å². The molecule has 144 valence electrons. The predicted molar refractivity (Wildman–Crippen MR) is 108 cm³/mol. The number of nitrogens with zero attached hydrogens (tertiary/aromatic N) is 1. The van der Waals surface area contributed by atoms with E-state index in [1.54, 1.807) is 37.4 Å². The van der Waals surface area contributed by atoms with E-state index in [1.807, 2.05) is 30.3 Å². The summed E-state index contributed by atoms with van der Waals surface area (Å²) in [5.74, 6) is -0.0985. The lowest BCUT2D eigenvalue weighted by Crippen LogP contribution is -2.51. The Hall–Kier alpha value is -3.41.